The van der Waals surface area contributed by atoms with Gasteiger partial charge in [0.15, 0.2) is 0 Å². The van der Waals surface area contributed by atoms with Crippen LogP contribution in [0.25, 0.3) is 0 Å². The van der Waals surface area contributed by atoms with E-state index in [0.29, 0.717) is 23.4 Å². The van der Waals surface area contributed by atoms with Crippen molar-refractivity contribution in [3.05, 3.63) is 47.9 Å². The lowest BCUT2D eigenvalue weighted by atomic mass is 9.91. The normalized spacial score (nSPS) is 18.4. The van der Waals surface area contributed by atoms with Crippen LogP contribution >= 0.6 is 0 Å². The third-order valence-corrected chi connectivity index (χ3v) is 7.27. The Kier molecular flexibility index (Phi) is 6.58. The molecule has 9 heteroatoms. The average Bonchev–Trinajstić information content (AvgIpc) is 3.40. The number of pyridine rings is 1. The Hall–Kier alpha value is -3.59. The lowest BCUT2D eigenvalue weighted by Gasteiger charge is -2.30. The van der Waals surface area contributed by atoms with Crippen LogP contribution < -0.4 is 25.6 Å². The van der Waals surface area contributed by atoms with Gasteiger partial charge in [-0.1, -0.05) is 13.8 Å². The lowest BCUT2D eigenvalue weighted by molar-refractivity contribution is 0.372. The molecule has 1 aromatic carbocycles. The van der Waals surface area contributed by atoms with Crippen LogP contribution in [-0.4, -0.2) is 66.7 Å². The number of fused-ring (bicyclic) bond motifs is 1. The number of nitrogens with zero attached hydrogens (tertiary/aromatic N) is 6. The third-order valence-electron chi connectivity index (χ3n) is 7.27. The first-order chi connectivity index (χ1) is 17.7. The maximum atomic E-state index is 6.59. The average molecular weight is 503 g/mol. The molecule has 2 aromatic heterocycles. The highest BCUT2D eigenvalue weighted by Gasteiger charge is 2.38. The zero-order chi connectivity index (χ0) is 26.3. The van der Waals surface area contributed by atoms with Gasteiger partial charge in [0.1, 0.15) is 11.6 Å². The number of methoxy groups -OCH3 is 1. The molecule has 0 radical (unpaired) electrons. The van der Waals surface area contributed by atoms with Crippen LogP contribution in [0.1, 0.15) is 38.1 Å². The monoisotopic (exact) mass is 502 g/mol. The van der Waals surface area contributed by atoms with Crippen molar-refractivity contribution in [2.45, 2.75) is 45.1 Å². The third kappa shape index (κ3) is 4.87. The Morgan fingerprint density at radius 2 is 1.97 bits per heavy atom. The Morgan fingerprint density at radius 3 is 2.73 bits per heavy atom. The first-order valence-electron chi connectivity index (χ1n) is 12.9. The van der Waals surface area contributed by atoms with Gasteiger partial charge < -0.3 is 30.5 Å². The number of aromatic nitrogens is 3. The minimum atomic E-state index is -0.0760. The van der Waals surface area contributed by atoms with Gasteiger partial charge in [-0.3, -0.25) is 4.98 Å². The molecule has 0 bridgehead atoms. The summed E-state index contributed by atoms with van der Waals surface area (Å²) < 4.78 is 5.77. The van der Waals surface area contributed by atoms with Gasteiger partial charge in [-0.2, -0.15) is 4.98 Å². The molecule has 0 amide bonds. The van der Waals surface area contributed by atoms with E-state index >= 15 is 0 Å². The molecule has 0 saturated carbocycles. The predicted molar refractivity (Wildman–Crippen MR) is 151 cm³/mol. The molecule has 3 N–H and O–H groups in total. The number of benzene rings is 1. The van der Waals surface area contributed by atoms with E-state index in [1.54, 1.807) is 13.3 Å². The number of nitrogen functional groups attached to an aromatic ring is 1. The highest BCUT2D eigenvalue weighted by Crippen LogP contribution is 2.43. The van der Waals surface area contributed by atoms with E-state index in [0.717, 1.165) is 66.7 Å². The van der Waals surface area contributed by atoms with Gasteiger partial charge in [-0.05, 0) is 58.1 Å². The molecule has 2 aliphatic rings. The quantitative estimate of drug-likeness (QED) is 0.454. The Bertz CT molecular complexity index is 1290. The number of ether oxygens (including phenoxy) is 1. The summed E-state index contributed by atoms with van der Waals surface area (Å²) in [4.78, 5) is 21.0. The van der Waals surface area contributed by atoms with Gasteiger partial charge in [-0.15, -0.1) is 0 Å². The molecule has 3 aromatic rings. The summed E-state index contributed by atoms with van der Waals surface area (Å²) in [5.74, 6) is 2.02. The van der Waals surface area contributed by atoms with Gasteiger partial charge >= 0.3 is 0 Å². The van der Waals surface area contributed by atoms with E-state index in [9.17, 15) is 0 Å². The Balaban J connectivity index is 1.42. The highest BCUT2D eigenvalue weighted by atomic mass is 16.5. The summed E-state index contributed by atoms with van der Waals surface area (Å²) in [5.41, 5.74) is 12.2. The summed E-state index contributed by atoms with van der Waals surface area (Å²) in [6, 6.07) is 10.5. The lowest BCUT2D eigenvalue weighted by Crippen LogP contribution is -2.37. The number of aryl methyl sites for hydroxylation is 1. The topological polar surface area (TPSA) is 95.7 Å². The van der Waals surface area contributed by atoms with Gasteiger partial charge in [0.05, 0.1) is 35.6 Å². The van der Waals surface area contributed by atoms with Crippen LogP contribution in [0.5, 0.6) is 5.75 Å². The van der Waals surface area contributed by atoms with E-state index in [1.807, 2.05) is 31.2 Å². The maximum absolute atomic E-state index is 6.59. The van der Waals surface area contributed by atoms with E-state index in [2.05, 4.69) is 59.0 Å². The molecule has 4 heterocycles. The largest absolute Gasteiger partial charge is 0.494 e. The highest BCUT2D eigenvalue weighted by molar-refractivity contribution is 5.80. The minimum absolute atomic E-state index is 0.0760. The number of likely N-dealkylation sites (N-methyl/N-ethyl adjacent to an activating group) is 1. The zero-order valence-electron chi connectivity index (χ0n) is 22.7. The van der Waals surface area contributed by atoms with Crippen molar-refractivity contribution in [2.75, 3.05) is 61.7 Å². The van der Waals surface area contributed by atoms with Gasteiger partial charge in [0.2, 0.25) is 5.95 Å². The van der Waals surface area contributed by atoms with Gasteiger partial charge in [0.25, 0.3) is 0 Å². The molecule has 0 unspecified atom stereocenters. The number of nitrogens with two attached hydrogens (primary N) is 1. The molecule has 1 atom stereocenters. The fraction of sp³-hybridized carbons (Fsp3) is 0.464. The van der Waals surface area contributed by atoms with Crippen LogP contribution in [-0.2, 0) is 5.41 Å². The fourth-order valence-electron chi connectivity index (χ4n) is 5.57. The minimum Gasteiger partial charge on any atom is -0.494 e. The Morgan fingerprint density at radius 1 is 1.16 bits per heavy atom. The van der Waals surface area contributed by atoms with Crippen LogP contribution in [0.15, 0.2) is 36.5 Å². The van der Waals surface area contributed by atoms with Crippen molar-refractivity contribution in [3.63, 3.8) is 0 Å². The molecule has 0 aliphatic carbocycles. The number of nitrogens with one attached hydrogen (secondary N) is 1. The molecule has 0 spiro atoms. The molecular weight excluding hydrogens is 464 g/mol. The fourth-order valence-corrected chi connectivity index (χ4v) is 5.57. The summed E-state index contributed by atoms with van der Waals surface area (Å²) >= 11 is 0. The SMILES string of the molecule is COc1cc(N2CCC[C@@H]2CN(C)C)c(N)cc1Nc1nccc(N2CC(C)(C)c3nc(C)ccc32)n1. The summed E-state index contributed by atoms with van der Waals surface area (Å²) in [6.07, 6.45) is 4.09. The summed E-state index contributed by atoms with van der Waals surface area (Å²) in [5, 5.41) is 3.35. The molecule has 1 fully saturated rings. The molecule has 5 rings (SSSR count). The summed E-state index contributed by atoms with van der Waals surface area (Å²) in [7, 11) is 5.90. The number of rotatable bonds is 7. The molecule has 196 valence electrons. The number of anilines is 6. The van der Waals surface area contributed by atoms with E-state index < -0.39 is 0 Å². The van der Waals surface area contributed by atoms with Crippen molar-refractivity contribution in [1.29, 1.82) is 0 Å². The smallest absolute Gasteiger partial charge is 0.229 e. The van der Waals surface area contributed by atoms with Crippen molar-refractivity contribution in [3.8, 4) is 5.75 Å². The second kappa shape index (κ2) is 9.70. The van der Waals surface area contributed by atoms with Gasteiger partial charge in [-0.25, -0.2) is 4.98 Å². The van der Waals surface area contributed by atoms with Crippen LogP contribution in [0.4, 0.5) is 34.5 Å². The van der Waals surface area contributed by atoms with Crippen molar-refractivity contribution >= 4 is 34.5 Å². The zero-order valence-corrected chi connectivity index (χ0v) is 22.7. The number of hydrogen-bond donors (Lipinski definition) is 2. The van der Waals surface area contributed by atoms with E-state index in [4.69, 9.17) is 20.4 Å². The molecule has 9 nitrogen and oxygen atoms in total. The van der Waals surface area contributed by atoms with Crippen LogP contribution in [0.3, 0.4) is 0 Å². The van der Waals surface area contributed by atoms with Gasteiger partial charge in [0, 0.05) is 49.0 Å². The van der Waals surface area contributed by atoms with Crippen LogP contribution in [0, 0.1) is 6.92 Å². The van der Waals surface area contributed by atoms with Crippen LogP contribution in [0.2, 0.25) is 0 Å². The standard InChI is InChI=1S/C28H38N8O/c1-18-9-10-22-26(31-18)28(2,3)17-36(22)25-11-12-30-27(33-25)32-21-14-20(29)23(15-24(21)37-6)35-13-7-8-19(35)16-34(4)5/h9-12,14-15,19H,7-8,13,16-17,29H2,1-6H3,(H,30,32,33)/t19-/m1/s1. The molecule has 37 heavy (non-hydrogen) atoms. The maximum Gasteiger partial charge on any atom is 0.229 e. The first kappa shape index (κ1) is 25.1. The van der Waals surface area contributed by atoms with Crippen molar-refractivity contribution < 1.29 is 4.74 Å². The molecule has 1 saturated heterocycles. The summed E-state index contributed by atoms with van der Waals surface area (Å²) in [6.45, 7) is 9.25. The number of hydrogen-bond acceptors (Lipinski definition) is 9. The van der Waals surface area contributed by atoms with Crippen molar-refractivity contribution in [2.24, 2.45) is 0 Å². The Labute approximate surface area is 219 Å². The second-order valence-electron chi connectivity index (χ2n) is 11.0. The second-order valence-corrected chi connectivity index (χ2v) is 11.0. The molecular formula is C28H38N8O. The van der Waals surface area contributed by atoms with E-state index in [-0.39, 0.29) is 5.41 Å². The van der Waals surface area contributed by atoms with E-state index in [1.165, 1.54) is 0 Å². The predicted octanol–water partition coefficient (Wildman–Crippen LogP) is 4.47. The first-order valence-corrected chi connectivity index (χ1v) is 12.9. The molecule has 2 aliphatic heterocycles. The van der Waals surface area contributed by atoms with Crippen molar-refractivity contribution in [1.82, 2.24) is 19.9 Å².